The zero-order valence-corrected chi connectivity index (χ0v) is 11.1. The van der Waals surface area contributed by atoms with Crippen molar-refractivity contribution < 1.29 is 15.1 Å². The molecule has 0 aliphatic heterocycles. The minimum absolute atomic E-state index is 0.0579. The highest BCUT2D eigenvalue weighted by Crippen LogP contribution is 2.34. The number of carbonyl (C=O) groups is 1. The molecule has 3 aromatic rings. The molecule has 0 fully saturated rings. The van der Waals surface area contributed by atoms with Crippen molar-refractivity contribution in [3.05, 3.63) is 72.3 Å². The predicted octanol–water partition coefficient (Wildman–Crippen LogP) is 3.58. The summed E-state index contributed by atoms with van der Waals surface area (Å²) in [5.41, 5.74) is 0.398. The molecule has 0 saturated heterocycles. The summed E-state index contributed by atoms with van der Waals surface area (Å²) in [7, 11) is 0. The zero-order chi connectivity index (χ0) is 14.8. The Balaban J connectivity index is 2.04. The molecule has 0 aliphatic carbocycles. The maximum atomic E-state index is 12.2. The summed E-state index contributed by atoms with van der Waals surface area (Å²) in [6.07, 6.45) is 0. The van der Waals surface area contributed by atoms with Gasteiger partial charge in [-0.1, -0.05) is 48.5 Å². The lowest BCUT2D eigenvalue weighted by Crippen LogP contribution is -2.26. The molecule has 2 N–H and O–H groups in total. The van der Waals surface area contributed by atoms with E-state index in [9.17, 15) is 15.1 Å². The molecule has 0 aliphatic rings. The second-order valence-electron chi connectivity index (χ2n) is 4.64. The van der Waals surface area contributed by atoms with Crippen molar-refractivity contribution in [2.24, 2.45) is 0 Å². The van der Waals surface area contributed by atoms with Gasteiger partial charge in [0.1, 0.15) is 11.4 Å². The van der Waals surface area contributed by atoms with E-state index in [4.69, 9.17) is 0 Å². The molecule has 0 atom stereocenters. The van der Waals surface area contributed by atoms with E-state index in [1.807, 2.05) is 12.1 Å². The Bertz CT molecular complexity index is 799. The van der Waals surface area contributed by atoms with Crippen LogP contribution >= 0.6 is 0 Å². The minimum Gasteiger partial charge on any atom is -0.505 e. The van der Waals surface area contributed by atoms with Gasteiger partial charge in [-0.3, -0.25) is 10.0 Å². The fraction of sp³-hybridized carbons (Fsp3) is 0. The molecule has 21 heavy (non-hydrogen) atoms. The van der Waals surface area contributed by atoms with Crippen LogP contribution in [-0.4, -0.2) is 16.2 Å². The van der Waals surface area contributed by atoms with Crippen molar-refractivity contribution in [1.82, 2.24) is 0 Å². The van der Waals surface area contributed by atoms with Gasteiger partial charge in [-0.25, -0.2) is 0 Å². The maximum absolute atomic E-state index is 12.2. The lowest BCUT2D eigenvalue weighted by molar-refractivity contribution is 0.0853. The summed E-state index contributed by atoms with van der Waals surface area (Å²) < 4.78 is 0. The molecule has 0 unspecified atom stereocenters. The van der Waals surface area contributed by atoms with Crippen LogP contribution in [0.15, 0.2) is 66.7 Å². The molecule has 1 amide bonds. The number of nitrogens with zero attached hydrogens (tertiary/aromatic N) is 1. The summed E-state index contributed by atoms with van der Waals surface area (Å²) in [5, 5.41) is 22.2. The standard InChI is InChI=1S/C17H13NO3/c19-16-14-9-5-4-6-12(14)10-11-15(16)18(21)17(20)13-7-2-1-3-8-13/h1-11,19,21H. The Labute approximate surface area is 121 Å². The monoisotopic (exact) mass is 279 g/mol. The summed E-state index contributed by atoms with van der Waals surface area (Å²) in [6, 6.07) is 18.9. The van der Waals surface area contributed by atoms with Crippen LogP contribution in [0, 0.1) is 0 Å². The average Bonchev–Trinajstić information content (AvgIpc) is 2.55. The molecule has 3 rings (SSSR count). The van der Waals surface area contributed by atoms with Crippen LogP contribution in [0.1, 0.15) is 10.4 Å². The quantitative estimate of drug-likeness (QED) is 0.556. The Hall–Kier alpha value is -2.85. The molecule has 0 radical (unpaired) electrons. The topological polar surface area (TPSA) is 60.8 Å². The van der Waals surface area contributed by atoms with Crippen LogP contribution < -0.4 is 5.06 Å². The Kier molecular flexibility index (Phi) is 3.30. The first-order valence-electron chi connectivity index (χ1n) is 6.47. The van der Waals surface area contributed by atoms with Crippen LogP contribution in [-0.2, 0) is 0 Å². The lowest BCUT2D eigenvalue weighted by atomic mass is 10.1. The molecule has 104 valence electrons. The van der Waals surface area contributed by atoms with Gasteiger partial charge in [-0.2, -0.15) is 5.06 Å². The SMILES string of the molecule is O=C(c1ccccc1)N(O)c1ccc2ccccc2c1O. The van der Waals surface area contributed by atoms with Crippen molar-refractivity contribution in [1.29, 1.82) is 0 Å². The summed E-state index contributed by atoms with van der Waals surface area (Å²) in [4.78, 5) is 12.2. The van der Waals surface area contributed by atoms with Crippen molar-refractivity contribution in [2.45, 2.75) is 0 Å². The molecule has 0 spiro atoms. The number of rotatable bonds is 2. The molecule has 0 heterocycles. The van der Waals surface area contributed by atoms with E-state index < -0.39 is 5.91 Å². The smallest absolute Gasteiger partial charge is 0.282 e. The van der Waals surface area contributed by atoms with Gasteiger partial charge >= 0.3 is 0 Å². The number of hydrogen-bond donors (Lipinski definition) is 2. The van der Waals surface area contributed by atoms with Crippen molar-refractivity contribution in [3.8, 4) is 5.75 Å². The molecule has 0 saturated carbocycles. The number of fused-ring (bicyclic) bond motifs is 1. The van der Waals surface area contributed by atoms with Gasteiger partial charge in [0.15, 0.2) is 0 Å². The third kappa shape index (κ3) is 2.32. The molecule has 4 nitrogen and oxygen atoms in total. The van der Waals surface area contributed by atoms with E-state index >= 15 is 0 Å². The zero-order valence-electron chi connectivity index (χ0n) is 11.1. The summed E-state index contributed by atoms with van der Waals surface area (Å²) in [6.45, 7) is 0. The number of carbonyl (C=O) groups excluding carboxylic acids is 1. The van der Waals surface area contributed by atoms with Crippen LogP contribution in [0.5, 0.6) is 5.75 Å². The number of aromatic hydroxyl groups is 1. The molecule has 3 aromatic carbocycles. The van der Waals surface area contributed by atoms with E-state index in [-0.39, 0.29) is 11.4 Å². The first kappa shape index (κ1) is 13.1. The number of hydrogen-bond acceptors (Lipinski definition) is 3. The number of hydroxylamine groups is 1. The van der Waals surface area contributed by atoms with Crippen LogP contribution in [0.4, 0.5) is 5.69 Å². The third-order valence-corrected chi connectivity index (χ3v) is 3.32. The summed E-state index contributed by atoms with van der Waals surface area (Å²) in [5.74, 6) is -0.721. The molecular weight excluding hydrogens is 266 g/mol. The third-order valence-electron chi connectivity index (χ3n) is 3.32. The highest BCUT2D eigenvalue weighted by molar-refractivity contribution is 6.07. The predicted molar refractivity (Wildman–Crippen MR) is 80.7 cm³/mol. The number of phenols is 1. The van der Waals surface area contributed by atoms with Gasteiger partial charge in [0.2, 0.25) is 0 Å². The Morgan fingerprint density at radius 1 is 0.857 bits per heavy atom. The van der Waals surface area contributed by atoms with Crippen molar-refractivity contribution in [2.75, 3.05) is 5.06 Å². The first-order valence-corrected chi connectivity index (χ1v) is 6.47. The van der Waals surface area contributed by atoms with Gasteiger partial charge < -0.3 is 5.11 Å². The lowest BCUT2D eigenvalue weighted by Gasteiger charge is -2.17. The second-order valence-corrected chi connectivity index (χ2v) is 4.64. The number of anilines is 1. The van der Waals surface area contributed by atoms with Gasteiger partial charge in [0.25, 0.3) is 5.91 Å². The molecular formula is C17H13NO3. The van der Waals surface area contributed by atoms with Crippen molar-refractivity contribution in [3.63, 3.8) is 0 Å². The van der Waals surface area contributed by atoms with E-state index in [0.29, 0.717) is 16.0 Å². The van der Waals surface area contributed by atoms with Crippen LogP contribution in [0.2, 0.25) is 0 Å². The largest absolute Gasteiger partial charge is 0.505 e. The number of benzene rings is 3. The number of amides is 1. The van der Waals surface area contributed by atoms with E-state index in [2.05, 4.69) is 0 Å². The van der Waals surface area contributed by atoms with E-state index in [1.165, 1.54) is 6.07 Å². The fourth-order valence-electron chi connectivity index (χ4n) is 2.23. The van der Waals surface area contributed by atoms with Crippen LogP contribution in [0.3, 0.4) is 0 Å². The molecule has 0 bridgehead atoms. The van der Waals surface area contributed by atoms with Gasteiger partial charge in [0, 0.05) is 10.9 Å². The molecule has 0 aromatic heterocycles. The Morgan fingerprint density at radius 3 is 2.29 bits per heavy atom. The van der Waals surface area contributed by atoms with Crippen molar-refractivity contribution >= 4 is 22.4 Å². The van der Waals surface area contributed by atoms with E-state index in [1.54, 1.807) is 48.5 Å². The fourth-order valence-corrected chi connectivity index (χ4v) is 2.23. The number of phenolic OH excluding ortho intramolecular Hbond substituents is 1. The average molecular weight is 279 g/mol. The second kappa shape index (κ2) is 5.26. The Morgan fingerprint density at radius 2 is 1.52 bits per heavy atom. The molecule has 4 heteroatoms. The van der Waals surface area contributed by atoms with Gasteiger partial charge in [0.05, 0.1) is 0 Å². The highest BCUT2D eigenvalue weighted by Gasteiger charge is 2.19. The highest BCUT2D eigenvalue weighted by atomic mass is 16.5. The summed E-state index contributed by atoms with van der Waals surface area (Å²) >= 11 is 0. The van der Waals surface area contributed by atoms with Gasteiger partial charge in [-0.05, 0) is 23.6 Å². The van der Waals surface area contributed by atoms with E-state index in [0.717, 1.165) is 5.39 Å². The minimum atomic E-state index is -0.596. The van der Waals surface area contributed by atoms with Gasteiger partial charge in [-0.15, -0.1) is 0 Å². The normalized spacial score (nSPS) is 10.5. The van der Waals surface area contributed by atoms with Crippen LogP contribution in [0.25, 0.3) is 10.8 Å². The first-order chi connectivity index (χ1) is 10.2. The maximum Gasteiger partial charge on any atom is 0.282 e.